The van der Waals surface area contributed by atoms with Gasteiger partial charge in [-0.15, -0.1) is 0 Å². The van der Waals surface area contributed by atoms with E-state index in [1.807, 2.05) is 4.90 Å². The van der Waals surface area contributed by atoms with Crippen LogP contribution in [0.25, 0.3) is 0 Å². The molecule has 2 bridgehead atoms. The van der Waals surface area contributed by atoms with Crippen molar-refractivity contribution in [1.29, 1.82) is 0 Å². The predicted octanol–water partition coefficient (Wildman–Crippen LogP) is 0.628. The van der Waals surface area contributed by atoms with Crippen LogP contribution < -0.4 is 5.73 Å². The highest BCUT2D eigenvalue weighted by molar-refractivity contribution is 5.82. The minimum atomic E-state index is -0.305. The van der Waals surface area contributed by atoms with Crippen LogP contribution in [-0.2, 0) is 4.79 Å². The second-order valence-corrected chi connectivity index (χ2v) is 6.04. The van der Waals surface area contributed by atoms with E-state index in [2.05, 4.69) is 0 Å². The smallest absolute Gasteiger partial charge is 0.239 e. The van der Waals surface area contributed by atoms with Gasteiger partial charge in [-0.05, 0) is 38.0 Å². The molecule has 1 amide bonds. The highest BCUT2D eigenvalue weighted by atomic mass is 16.3. The fraction of sp³-hybridized carbons (Fsp3) is 0.923. The van der Waals surface area contributed by atoms with Gasteiger partial charge in [-0.2, -0.15) is 0 Å². The molecule has 0 radical (unpaired) electrons. The second-order valence-electron chi connectivity index (χ2n) is 6.04. The summed E-state index contributed by atoms with van der Waals surface area (Å²) in [5.41, 5.74) is 6.02. The number of piperidine rings is 1. The summed E-state index contributed by atoms with van der Waals surface area (Å²) in [6.45, 7) is 0. The van der Waals surface area contributed by atoms with Crippen LogP contribution in [0.15, 0.2) is 0 Å². The molecule has 2 unspecified atom stereocenters. The Kier molecular flexibility index (Phi) is 2.87. The second kappa shape index (κ2) is 4.25. The summed E-state index contributed by atoms with van der Waals surface area (Å²) < 4.78 is 0. The van der Waals surface area contributed by atoms with Crippen LogP contribution in [0.2, 0.25) is 0 Å². The van der Waals surface area contributed by atoms with Crippen LogP contribution in [0.4, 0.5) is 0 Å². The van der Waals surface area contributed by atoms with E-state index >= 15 is 0 Å². The molecule has 3 fully saturated rings. The number of aliphatic hydroxyl groups is 1. The fourth-order valence-electron chi connectivity index (χ4n) is 3.51. The van der Waals surface area contributed by atoms with Gasteiger partial charge in [-0.1, -0.05) is 12.8 Å². The number of hydrogen-bond acceptors (Lipinski definition) is 3. The SMILES string of the molecule is N[C@@H](CC1CC1)C(=O)N1C2CCC1CC(O)C2. The van der Waals surface area contributed by atoms with Crippen LogP contribution in [0.3, 0.4) is 0 Å². The number of carbonyl (C=O) groups excluding carboxylic acids is 1. The third-order valence-electron chi connectivity index (χ3n) is 4.56. The van der Waals surface area contributed by atoms with Crippen LogP contribution in [-0.4, -0.2) is 40.1 Å². The van der Waals surface area contributed by atoms with Gasteiger partial charge in [0.05, 0.1) is 12.1 Å². The molecule has 0 aromatic rings. The van der Waals surface area contributed by atoms with Crippen LogP contribution >= 0.6 is 0 Å². The van der Waals surface area contributed by atoms with Gasteiger partial charge in [-0.25, -0.2) is 0 Å². The monoisotopic (exact) mass is 238 g/mol. The molecule has 3 atom stereocenters. The zero-order valence-electron chi connectivity index (χ0n) is 10.2. The van der Waals surface area contributed by atoms with Crippen molar-refractivity contribution in [3.63, 3.8) is 0 Å². The van der Waals surface area contributed by atoms with Crippen molar-refractivity contribution in [3.8, 4) is 0 Å². The third kappa shape index (κ3) is 2.20. The molecule has 17 heavy (non-hydrogen) atoms. The molecule has 3 aliphatic rings. The van der Waals surface area contributed by atoms with Crippen LogP contribution in [0.5, 0.6) is 0 Å². The Morgan fingerprint density at radius 1 is 1.24 bits per heavy atom. The molecule has 4 heteroatoms. The molecule has 2 aliphatic heterocycles. The highest BCUT2D eigenvalue weighted by Gasteiger charge is 2.44. The summed E-state index contributed by atoms with van der Waals surface area (Å²) in [6.07, 6.45) is 6.72. The minimum absolute atomic E-state index is 0.135. The van der Waals surface area contributed by atoms with Gasteiger partial charge in [0, 0.05) is 12.1 Å². The van der Waals surface area contributed by atoms with E-state index in [9.17, 15) is 9.90 Å². The molecule has 96 valence electrons. The topological polar surface area (TPSA) is 66.6 Å². The Balaban J connectivity index is 1.65. The first-order valence-electron chi connectivity index (χ1n) is 6.91. The van der Waals surface area contributed by atoms with E-state index in [0.29, 0.717) is 5.92 Å². The van der Waals surface area contributed by atoms with Crippen molar-refractivity contribution >= 4 is 5.91 Å². The Hall–Kier alpha value is -0.610. The Bertz CT molecular complexity index is 303. The summed E-state index contributed by atoms with van der Waals surface area (Å²) in [5.74, 6) is 0.832. The first kappa shape index (κ1) is 11.5. The quantitative estimate of drug-likeness (QED) is 0.758. The first-order chi connectivity index (χ1) is 8.15. The third-order valence-corrected chi connectivity index (χ3v) is 4.56. The molecule has 0 aromatic heterocycles. The largest absolute Gasteiger partial charge is 0.393 e. The fourth-order valence-corrected chi connectivity index (χ4v) is 3.51. The Morgan fingerprint density at radius 3 is 2.35 bits per heavy atom. The summed E-state index contributed by atoms with van der Waals surface area (Å²) in [4.78, 5) is 14.3. The molecule has 2 heterocycles. The molecule has 2 saturated heterocycles. The maximum Gasteiger partial charge on any atom is 0.239 e. The summed E-state index contributed by atoms with van der Waals surface area (Å²) >= 11 is 0. The molecule has 1 aliphatic carbocycles. The number of hydrogen-bond donors (Lipinski definition) is 2. The lowest BCUT2D eigenvalue weighted by Gasteiger charge is -2.38. The standard InChI is InChI=1S/C13H22N2O2/c14-12(5-8-1-2-8)13(17)15-9-3-4-10(15)7-11(16)6-9/h8-12,16H,1-7,14H2/t9?,10?,11?,12-/m0/s1. The lowest BCUT2D eigenvalue weighted by Crippen LogP contribution is -2.53. The number of carbonyl (C=O) groups is 1. The number of aliphatic hydroxyl groups excluding tert-OH is 1. The molecule has 3 N–H and O–H groups in total. The molecular weight excluding hydrogens is 216 g/mol. The molecule has 3 rings (SSSR count). The Labute approximate surface area is 102 Å². The van der Waals surface area contributed by atoms with Gasteiger partial charge in [0.25, 0.3) is 0 Å². The number of nitrogens with zero attached hydrogens (tertiary/aromatic N) is 1. The van der Waals surface area contributed by atoms with Crippen molar-refractivity contribution < 1.29 is 9.90 Å². The zero-order valence-corrected chi connectivity index (χ0v) is 10.2. The van der Waals surface area contributed by atoms with Crippen LogP contribution in [0.1, 0.15) is 44.9 Å². The van der Waals surface area contributed by atoms with E-state index < -0.39 is 0 Å². The number of nitrogens with two attached hydrogens (primary N) is 1. The average molecular weight is 238 g/mol. The lowest BCUT2D eigenvalue weighted by atomic mass is 9.98. The normalized spacial score (nSPS) is 38.2. The summed E-state index contributed by atoms with van der Waals surface area (Å²) in [5, 5.41) is 9.71. The summed E-state index contributed by atoms with van der Waals surface area (Å²) in [6, 6.07) is 0.198. The van der Waals surface area contributed by atoms with E-state index in [1.165, 1.54) is 12.8 Å². The van der Waals surface area contributed by atoms with Crippen molar-refractivity contribution in [1.82, 2.24) is 4.90 Å². The molecular formula is C13H22N2O2. The van der Waals surface area contributed by atoms with Gasteiger partial charge < -0.3 is 15.7 Å². The van der Waals surface area contributed by atoms with Crippen molar-refractivity contribution in [2.45, 2.75) is 69.2 Å². The molecule has 0 aromatic carbocycles. The van der Waals surface area contributed by atoms with Crippen molar-refractivity contribution in [2.24, 2.45) is 11.7 Å². The van der Waals surface area contributed by atoms with E-state index in [0.717, 1.165) is 32.1 Å². The number of fused-ring (bicyclic) bond motifs is 2. The minimum Gasteiger partial charge on any atom is -0.393 e. The maximum absolute atomic E-state index is 12.3. The predicted molar refractivity (Wildman–Crippen MR) is 64.2 cm³/mol. The highest BCUT2D eigenvalue weighted by Crippen LogP contribution is 2.38. The first-order valence-corrected chi connectivity index (χ1v) is 6.91. The van der Waals surface area contributed by atoms with Gasteiger partial charge in [-0.3, -0.25) is 4.79 Å². The average Bonchev–Trinajstić information content (AvgIpc) is 3.04. The van der Waals surface area contributed by atoms with E-state index in [4.69, 9.17) is 5.73 Å². The molecule has 4 nitrogen and oxygen atoms in total. The summed E-state index contributed by atoms with van der Waals surface area (Å²) in [7, 11) is 0. The van der Waals surface area contributed by atoms with E-state index in [1.54, 1.807) is 0 Å². The Morgan fingerprint density at radius 2 is 1.82 bits per heavy atom. The zero-order chi connectivity index (χ0) is 12.0. The lowest BCUT2D eigenvalue weighted by molar-refractivity contribution is -0.139. The maximum atomic E-state index is 12.3. The molecule has 0 spiro atoms. The van der Waals surface area contributed by atoms with Gasteiger partial charge in [0.15, 0.2) is 0 Å². The van der Waals surface area contributed by atoms with E-state index in [-0.39, 0.29) is 30.1 Å². The van der Waals surface area contributed by atoms with Crippen molar-refractivity contribution in [2.75, 3.05) is 0 Å². The van der Waals surface area contributed by atoms with Crippen molar-refractivity contribution in [3.05, 3.63) is 0 Å². The van der Waals surface area contributed by atoms with Gasteiger partial charge in [0.2, 0.25) is 5.91 Å². The number of rotatable bonds is 3. The number of amides is 1. The van der Waals surface area contributed by atoms with Crippen LogP contribution in [0, 0.1) is 5.92 Å². The van der Waals surface area contributed by atoms with Gasteiger partial charge >= 0.3 is 0 Å². The molecule has 1 saturated carbocycles. The van der Waals surface area contributed by atoms with Gasteiger partial charge in [0.1, 0.15) is 0 Å².